The van der Waals surface area contributed by atoms with E-state index in [1.54, 1.807) is 19.1 Å². The number of carboxylic acid groups (broad SMARTS) is 1. The highest BCUT2D eigenvalue weighted by atomic mass is 16.5. The number of benzene rings is 3. The van der Waals surface area contributed by atoms with Crippen LogP contribution in [0.25, 0.3) is 10.8 Å². The minimum atomic E-state index is -1.13. The van der Waals surface area contributed by atoms with Crippen LogP contribution in [-0.4, -0.2) is 48.1 Å². The average molecular weight is 585 g/mol. The fraction of sp³-hybridized carbons (Fsp3) is 0.429. The molecular formula is C35H40N2O6. The quantitative estimate of drug-likeness (QED) is 0.299. The molecule has 8 nitrogen and oxygen atoms in total. The zero-order chi connectivity index (χ0) is 30.6. The van der Waals surface area contributed by atoms with E-state index in [0.717, 1.165) is 34.7 Å². The van der Waals surface area contributed by atoms with Crippen molar-refractivity contribution in [3.05, 3.63) is 77.9 Å². The van der Waals surface area contributed by atoms with Crippen molar-refractivity contribution in [1.29, 1.82) is 0 Å². The third-order valence-corrected chi connectivity index (χ3v) is 9.28. The normalized spacial score (nSPS) is 19.3. The summed E-state index contributed by atoms with van der Waals surface area (Å²) in [6.07, 6.45) is 4.15. The Balaban J connectivity index is 1.57. The Bertz CT molecular complexity index is 1510. The zero-order valence-corrected chi connectivity index (χ0v) is 24.9. The molecule has 1 saturated carbocycles. The number of carbonyl (C=O) groups excluding carboxylic acids is 3. The summed E-state index contributed by atoms with van der Waals surface area (Å²) in [5.41, 5.74) is 1.41. The Kier molecular flexibility index (Phi) is 9.14. The maximum absolute atomic E-state index is 14.7. The second kappa shape index (κ2) is 13.0. The summed E-state index contributed by atoms with van der Waals surface area (Å²) in [4.78, 5) is 55.2. The number of nitrogens with zero attached hydrogens (tertiary/aromatic N) is 1. The molecule has 8 heteroatoms. The molecule has 0 radical (unpaired) electrons. The molecule has 3 atom stereocenters. The first kappa shape index (κ1) is 30.3. The van der Waals surface area contributed by atoms with E-state index in [2.05, 4.69) is 5.32 Å². The number of hydrogen-bond donors (Lipinski definition) is 2. The lowest BCUT2D eigenvalue weighted by Gasteiger charge is -2.41. The number of ether oxygens (including phenoxy) is 1. The van der Waals surface area contributed by atoms with Crippen molar-refractivity contribution in [2.45, 2.75) is 70.8 Å². The van der Waals surface area contributed by atoms with Crippen LogP contribution >= 0.6 is 0 Å². The van der Waals surface area contributed by atoms with Gasteiger partial charge in [0.05, 0.1) is 17.9 Å². The highest BCUT2D eigenvalue weighted by Gasteiger charge is 2.53. The fourth-order valence-electron chi connectivity index (χ4n) is 7.34. The van der Waals surface area contributed by atoms with Crippen molar-refractivity contribution in [2.24, 2.45) is 11.3 Å². The summed E-state index contributed by atoms with van der Waals surface area (Å²) in [5, 5.41) is 14.7. The molecule has 1 aliphatic heterocycles. The first-order valence-electron chi connectivity index (χ1n) is 15.4. The standard InChI is InChI=1S/C35H40N2O6/c1-3-25(33(41)43-4-2)31(27-16-11-14-23-12-5-7-15-26(23)27)35(20-9-10-21-35)34(42)36-28-19-18-24-13-6-8-17-29(24)37(32(28)40)22-30(38)39/h5-8,11-17,25,28,31H,3-4,9-10,18-22H2,1-2H3,(H,36,42)(H,38,39)/t25-,28+,31?/m1/s1. The van der Waals surface area contributed by atoms with Gasteiger partial charge in [0, 0.05) is 11.6 Å². The summed E-state index contributed by atoms with van der Waals surface area (Å²) in [6, 6.07) is 20.4. The molecule has 0 saturated heterocycles. The van der Waals surface area contributed by atoms with Gasteiger partial charge in [0.2, 0.25) is 11.8 Å². The Morgan fingerprint density at radius 2 is 1.70 bits per heavy atom. The van der Waals surface area contributed by atoms with Gasteiger partial charge in [-0.05, 0) is 67.0 Å². The van der Waals surface area contributed by atoms with Gasteiger partial charge >= 0.3 is 11.9 Å². The van der Waals surface area contributed by atoms with E-state index in [9.17, 15) is 24.3 Å². The fourth-order valence-corrected chi connectivity index (χ4v) is 7.34. The number of hydrogen-bond acceptors (Lipinski definition) is 5. The van der Waals surface area contributed by atoms with E-state index in [-0.39, 0.29) is 18.5 Å². The maximum Gasteiger partial charge on any atom is 0.323 e. The molecule has 0 bridgehead atoms. The van der Waals surface area contributed by atoms with Crippen molar-refractivity contribution in [3.63, 3.8) is 0 Å². The topological polar surface area (TPSA) is 113 Å². The minimum Gasteiger partial charge on any atom is -0.480 e. The number of carbonyl (C=O) groups is 4. The summed E-state index contributed by atoms with van der Waals surface area (Å²) in [6.45, 7) is 3.49. The van der Waals surface area contributed by atoms with E-state index in [1.807, 2.05) is 61.5 Å². The second-order valence-electron chi connectivity index (χ2n) is 11.7. The maximum atomic E-state index is 14.7. The number of esters is 1. The largest absolute Gasteiger partial charge is 0.480 e. The first-order valence-corrected chi connectivity index (χ1v) is 15.4. The molecule has 1 aliphatic carbocycles. The number of rotatable bonds is 10. The predicted octanol–water partition coefficient (Wildman–Crippen LogP) is 5.62. The zero-order valence-electron chi connectivity index (χ0n) is 24.9. The van der Waals surface area contributed by atoms with Gasteiger partial charge in [0.15, 0.2) is 0 Å². The molecule has 226 valence electrons. The third kappa shape index (κ3) is 5.88. The highest BCUT2D eigenvalue weighted by Crippen LogP contribution is 2.54. The molecule has 3 aromatic carbocycles. The van der Waals surface area contributed by atoms with Crippen LogP contribution in [0.4, 0.5) is 5.69 Å². The van der Waals surface area contributed by atoms with Crippen LogP contribution in [-0.2, 0) is 30.3 Å². The number of aliphatic carboxylic acids is 1. The summed E-state index contributed by atoms with van der Waals surface area (Å²) in [5.74, 6) is -3.18. The number of fused-ring (bicyclic) bond motifs is 2. The van der Waals surface area contributed by atoms with E-state index in [0.29, 0.717) is 37.8 Å². The SMILES string of the molecule is CCOC(=O)[C@H](CC)C(c1cccc2ccccc12)C1(C(=O)N[C@H]2CCc3ccccc3N(CC(=O)O)C2=O)CCCC1. The Hall–Kier alpha value is -4.20. The molecule has 0 aromatic heterocycles. The third-order valence-electron chi connectivity index (χ3n) is 9.28. The number of carboxylic acids is 1. The molecule has 1 fully saturated rings. The van der Waals surface area contributed by atoms with E-state index >= 15 is 0 Å². The summed E-state index contributed by atoms with van der Waals surface area (Å²) >= 11 is 0. The van der Waals surface area contributed by atoms with Crippen molar-refractivity contribution >= 4 is 40.2 Å². The van der Waals surface area contributed by atoms with Crippen LogP contribution in [0.2, 0.25) is 0 Å². The molecule has 2 N–H and O–H groups in total. The van der Waals surface area contributed by atoms with Gasteiger partial charge in [-0.1, -0.05) is 80.4 Å². The lowest BCUT2D eigenvalue weighted by atomic mass is 9.63. The molecule has 2 aliphatic rings. The molecule has 1 heterocycles. The van der Waals surface area contributed by atoms with Gasteiger partial charge in [-0.3, -0.25) is 24.1 Å². The Morgan fingerprint density at radius 1 is 1.00 bits per heavy atom. The molecule has 5 rings (SSSR count). The second-order valence-corrected chi connectivity index (χ2v) is 11.7. The number of para-hydroxylation sites is 1. The van der Waals surface area contributed by atoms with Crippen molar-refractivity contribution in [2.75, 3.05) is 18.1 Å². The minimum absolute atomic E-state index is 0.243. The molecule has 1 unspecified atom stereocenters. The van der Waals surface area contributed by atoms with Crippen LogP contribution in [0.15, 0.2) is 66.7 Å². The van der Waals surface area contributed by atoms with Gasteiger partial charge in [-0.15, -0.1) is 0 Å². The van der Waals surface area contributed by atoms with E-state index < -0.39 is 41.7 Å². The summed E-state index contributed by atoms with van der Waals surface area (Å²) < 4.78 is 5.58. The molecule has 43 heavy (non-hydrogen) atoms. The monoisotopic (exact) mass is 584 g/mol. The number of aryl methyl sites for hydroxylation is 1. The number of nitrogens with one attached hydrogen (secondary N) is 1. The van der Waals surface area contributed by atoms with Crippen LogP contribution in [0, 0.1) is 11.3 Å². The molecule has 0 spiro atoms. The van der Waals surface area contributed by atoms with Crippen LogP contribution < -0.4 is 10.2 Å². The Labute approximate surface area is 252 Å². The van der Waals surface area contributed by atoms with Crippen LogP contribution in [0.3, 0.4) is 0 Å². The van der Waals surface area contributed by atoms with Gasteiger partial charge in [-0.2, -0.15) is 0 Å². The average Bonchev–Trinajstić information content (AvgIpc) is 3.47. The molecule has 3 aromatic rings. The van der Waals surface area contributed by atoms with Crippen molar-refractivity contribution < 1.29 is 29.0 Å². The highest BCUT2D eigenvalue weighted by molar-refractivity contribution is 6.04. The first-order chi connectivity index (χ1) is 20.8. The van der Waals surface area contributed by atoms with E-state index in [1.165, 1.54) is 4.90 Å². The van der Waals surface area contributed by atoms with Gasteiger partial charge < -0.3 is 15.2 Å². The number of amides is 2. The summed E-state index contributed by atoms with van der Waals surface area (Å²) in [7, 11) is 0. The lowest BCUT2D eigenvalue weighted by Crippen LogP contribution is -2.54. The van der Waals surface area contributed by atoms with Crippen molar-refractivity contribution in [1.82, 2.24) is 5.32 Å². The smallest absolute Gasteiger partial charge is 0.323 e. The van der Waals surface area contributed by atoms with Gasteiger partial charge in [0.25, 0.3) is 0 Å². The van der Waals surface area contributed by atoms with Gasteiger partial charge in [-0.25, -0.2) is 0 Å². The van der Waals surface area contributed by atoms with Crippen LogP contribution in [0.1, 0.15) is 69.4 Å². The molecule has 2 amide bonds. The van der Waals surface area contributed by atoms with Crippen molar-refractivity contribution in [3.8, 4) is 0 Å². The predicted molar refractivity (Wildman–Crippen MR) is 165 cm³/mol. The Morgan fingerprint density at radius 3 is 2.42 bits per heavy atom. The van der Waals surface area contributed by atoms with E-state index in [4.69, 9.17) is 4.74 Å². The molecular weight excluding hydrogens is 544 g/mol. The number of anilines is 1. The van der Waals surface area contributed by atoms with Crippen LogP contribution in [0.5, 0.6) is 0 Å². The lowest BCUT2D eigenvalue weighted by molar-refractivity contribution is -0.152. The van der Waals surface area contributed by atoms with Gasteiger partial charge in [0.1, 0.15) is 12.6 Å².